The third-order valence-corrected chi connectivity index (χ3v) is 3.31. The van der Waals surface area contributed by atoms with Crippen LogP contribution in [0, 0.1) is 11.8 Å². The van der Waals surface area contributed by atoms with Gasteiger partial charge in [-0.3, -0.25) is 9.59 Å². The van der Waals surface area contributed by atoms with Crippen LogP contribution in [-0.4, -0.2) is 64.8 Å². The fourth-order valence-electron chi connectivity index (χ4n) is 1.51. The summed E-state index contributed by atoms with van der Waals surface area (Å²) < 4.78 is 25.8. The summed E-state index contributed by atoms with van der Waals surface area (Å²) in [6.45, 7) is 10.5. The first-order chi connectivity index (χ1) is 11.5. The zero-order valence-corrected chi connectivity index (χ0v) is 15.4. The van der Waals surface area contributed by atoms with Crippen LogP contribution in [0.3, 0.4) is 0 Å². The van der Waals surface area contributed by atoms with E-state index in [9.17, 15) is 9.59 Å². The van der Waals surface area contributed by atoms with Gasteiger partial charge in [0.2, 0.25) is 0 Å². The second-order valence-electron chi connectivity index (χ2n) is 5.43. The van der Waals surface area contributed by atoms with Crippen LogP contribution < -0.4 is 0 Å². The van der Waals surface area contributed by atoms with Crippen molar-refractivity contribution in [3.8, 4) is 0 Å². The maximum absolute atomic E-state index is 11.7. The smallest absolute Gasteiger partial charge is 0.312 e. The summed E-state index contributed by atoms with van der Waals surface area (Å²) >= 11 is 0. The molecule has 0 fully saturated rings. The van der Waals surface area contributed by atoms with E-state index in [1.165, 1.54) is 0 Å². The summed E-state index contributed by atoms with van der Waals surface area (Å²) in [5.41, 5.74) is 0. The van der Waals surface area contributed by atoms with Gasteiger partial charge in [0.25, 0.3) is 0 Å². The number of hydrogen-bond donors (Lipinski definition) is 0. The third-order valence-electron chi connectivity index (χ3n) is 3.31. The van der Waals surface area contributed by atoms with Crippen LogP contribution in [0.4, 0.5) is 0 Å². The number of esters is 2. The van der Waals surface area contributed by atoms with Gasteiger partial charge in [-0.15, -0.1) is 0 Å². The van der Waals surface area contributed by atoms with E-state index in [-0.39, 0.29) is 25.1 Å². The Bertz CT molecular complexity index is 333. The quantitative estimate of drug-likeness (QED) is 0.330. The molecule has 0 N–H and O–H groups in total. The highest BCUT2D eigenvalue weighted by atomic mass is 16.6. The second kappa shape index (κ2) is 15.4. The molecule has 0 rings (SSSR count). The monoisotopic (exact) mass is 348 g/mol. The molecule has 2 atom stereocenters. The second-order valence-corrected chi connectivity index (χ2v) is 5.43. The maximum Gasteiger partial charge on any atom is 0.312 e. The molecule has 0 saturated heterocycles. The van der Waals surface area contributed by atoms with Crippen LogP contribution in [0.1, 0.15) is 34.1 Å². The highest BCUT2D eigenvalue weighted by Crippen LogP contribution is 2.06. The van der Waals surface area contributed by atoms with Gasteiger partial charge in [-0.2, -0.15) is 0 Å². The van der Waals surface area contributed by atoms with Crippen molar-refractivity contribution in [2.24, 2.45) is 11.8 Å². The molecule has 0 aromatic carbocycles. The Morgan fingerprint density at radius 2 is 1.21 bits per heavy atom. The molecule has 2 unspecified atom stereocenters. The van der Waals surface area contributed by atoms with E-state index in [0.29, 0.717) is 46.1 Å². The molecule has 0 spiro atoms. The van der Waals surface area contributed by atoms with Crippen molar-refractivity contribution in [1.82, 2.24) is 0 Å². The Hall–Kier alpha value is -1.18. The van der Waals surface area contributed by atoms with Crippen molar-refractivity contribution in [1.29, 1.82) is 0 Å². The Morgan fingerprint density at radius 1 is 0.708 bits per heavy atom. The van der Waals surface area contributed by atoms with Crippen molar-refractivity contribution in [3.63, 3.8) is 0 Å². The fourth-order valence-corrected chi connectivity index (χ4v) is 1.51. The zero-order chi connectivity index (χ0) is 18.2. The number of rotatable bonds is 15. The molecule has 0 aliphatic heterocycles. The van der Waals surface area contributed by atoms with Gasteiger partial charge in [-0.05, 0) is 20.3 Å². The molecule has 7 heteroatoms. The van der Waals surface area contributed by atoms with E-state index in [1.807, 2.05) is 13.8 Å². The lowest BCUT2D eigenvalue weighted by molar-refractivity contribution is -0.157. The molecule has 142 valence electrons. The molecule has 0 aliphatic carbocycles. The van der Waals surface area contributed by atoms with Crippen molar-refractivity contribution in [2.45, 2.75) is 34.1 Å². The normalized spacial score (nSPS) is 13.3. The number of ether oxygens (including phenoxy) is 5. The van der Waals surface area contributed by atoms with Crippen LogP contribution in [0.25, 0.3) is 0 Å². The largest absolute Gasteiger partial charge is 0.465 e. The third kappa shape index (κ3) is 12.3. The van der Waals surface area contributed by atoms with Crippen molar-refractivity contribution >= 4 is 11.9 Å². The van der Waals surface area contributed by atoms with Gasteiger partial charge >= 0.3 is 11.9 Å². The molecule has 0 radical (unpaired) electrons. The van der Waals surface area contributed by atoms with Crippen LogP contribution in [0.15, 0.2) is 0 Å². The van der Waals surface area contributed by atoms with Gasteiger partial charge in [0.1, 0.15) is 13.2 Å². The molecule has 0 heterocycles. The van der Waals surface area contributed by atoms with Crippen LogP contribution in [-0.2, 0) is 33.3 Å². The standard InChI is InChI=1S/C17H32O7/c1-5-14(3)16(18)24-13-15(4)17(19)23-12-11-22-10-9-21-8-7-20-6-2/h14-15H,5-13H2,1-4H3. The summed E-state index contributed by atoms with van der Waals surface area (Å²) in [5, 5.41) is 0. The molecule has 0 saturated carbocycles. The van der Waals surface area contributed by atoms with Crippen molar-refractivity contribution in [2.75, 3.05) is 52.9 Å². The van der Waals surface area contributed by atoms with Gasteiger partial charge in [0.15, 0.2) is 0 Å². The summed E-state index contributed by atoms with van der Waals surface area (Å²) in [6.07, 6.45) is 0.713. The Labute approximate surface area is 144 Å². The van der Waals surface area contributed by atoms with Crippen molar-refractivity contribution < 1.29 is 33.3 Å². The van der Waals surface area contributed by atoms with Gasteiger partial charge < -0.3 is 23.7 Å². The minimum atomic E-state index is -0.486. The lowest BCUT2D eigenvalue weighted by Gasteiger charge is -2.14. The average Bonchev–Trinajstić information content (AvgIpc) is 2.59. The number of carbonyl (C=O) groups is 2. The SMILES string of the molecule is CCOCCOCCOCCOC(=O)C(C)COC(=O)C(C)CC. The minimum absolute atomic E-state index is 0.0382. The van der Waals surface area contributed by atoms with E-state index in [2.05, 4.69) is 0 Å². The lowest BCUT2D eigenvalue weighted by Crippen LogP contribution is -2.25. The Kier molecular flexibility index (Phi) is 14.6. The van der Waals surface area contributed by atoms with E-state index < -0.39 is 11.9 Å². The molecule has 0 amide bonds. The summed E-state index contributed by atoms with van der Waals surface area (Å²) in [4.78, 5) is 23.3. The average molecular weight is 348 g/mol. The van der Waals surface area contributed by atoms with Crippen LogP contribution >= 0.6 is 0 Å². The first-order valence-corrected chi connectivity index (χ1v) is 8.59. The van der Waals surface area contributed by atoms with Crippen LogP contribution in [0.5, 0.6) is 0 Å². The zero-order valence-electron chi connectivity index (χ0n) is 15.4. The topological polar surface area (TPSA) is 80.3 Å². The van der Waals surface area contributed by atoms with E-state index in [4.69, 9.17) is 23.7 Å². The summed E-state index contributed by atoms with van der Waals surface area (Å²) in [7, 11) is 0. The van der Waals surface area contributed by atoms with Gasteiger partial charge in [-0.25, -0.2) is 0 Å². The Balaban J connectivity index is 3.52. The number of hydrogen-bond acceptors (Lipinski definition) is 7. The van der Waals surface area contributed by atoms with E-state index in [1.54, 1.807) is 13.8 Å². The first kappa shape index (κ1) is 22.8. The Morgan fingerprint density at radius 3 is 1.75 bits per heavy atom. The molecule has 0 aliphatic rings. The molecular formula is C17H32O7. The summed E-state index contributed by atoms with van der Waals surface area (Å²) in [6, 6.07) is 0. The molecular weight excluding hydrogens is 316 g/mol. The molecule has 0 bridgehead atoms. The van der Waals surface area contributed by atoms with Crippen molar-refractivity contribution in [3.05, 3.63) is 0 Å². The van der Waals surface area contributed by atoms with Gasteiger partial charge in [-0.1, -0.05) is 13.8 Å². The molecule has 7 nitrogen and oxygen atoms in total. The highest BCUT2D eigenvalue weighted by molar-refractivity contribution is 5.74. The highest BCUT2D eigenvalue weighted by Gasteiger charge is 2.19. The predicted molar refractivity (Wildman–Crippen MR) is 88.7 cm³/mol. The lowest BCUT2D eigenvalue weighted by atomic mass is 10.1. The molecule has 24 heavy (non-hydrogen) atoms. The number of carbonyl (C=O) groups excluding carboxylic acids is 2. The molecule has 0 aromatic heterocycles. The van der Waals surface area contributed by atoms with E-state index >= 15 is 0 Å². The van der Waals surface area contributed by atoms with E-state index in [0.717, 1.165) is 0 Å². The summed E-state index contributed by atoms with van der Waals surface area (Å²) in [5.74, 6) is -1.33. The van der Waals surface area contributed by atoms with Crippen LogP contribution in [0.2, 0.25) is 0 Å². The van der Waals surface area contributed by atoms with Gasteiger partial charge in [0.05, 0.1) is 44.9 Å². The minimum Gasteiger partial charge on any atom is -0.465 e. The fraction of sp³-hybridized carbons (Fsp3) is 0.882. The maximum atomic E-state index is 11.7. The molecule has 0 aromatic rings. The van der Waals surface area contributed by atoms with Gasteiger partial charge in [0, 0.05) is 6.61 Å². The first-order valence-electron chi connectivity index (χ1n) is 8.59. The predicted octanol–water partition coefficient (Wildman–Crippen LogP) is 1.82.